The van der Waals surface area contributed by atoms with Gasteiger partial charge in [-0.3, -0.25) is 4.79 Å². The molecule has 2 aliphatic carbocycles. The Morgan fingerprint density at radius 1 is 1.40 bits per heavy atom. The maximum Gasteiger partial charge on any atom is 0.233 e. The SMILES string of the molecule is CC1(CNCC(=O)NCC2CC2)CCC1. The highest BCUT2D eigenvalue weighted by atomic mass is 16.1. The van der Waals surface area contributed by atoms with Gasteiger partial charge in [0.1, 0.15) is 0 Å². The van der Waals surface area contributed by atoms with E-state index in [1.165, 1.54) is 32.1 Å². The van der Waals surface area contributed by atoms with Gasteiger partial charge in [0.25, 0.3) is 0 Å². The third-order valence-electron chi connectivity index (χ3n) is 3.68. The minimum Gasteiger partial charge on any atom is -0.355 e. The second-order valence-electron chi connectivity index (χ2n) is 5.52. The average Bonchev–Trinajstić information content (AvgIpc) is 2.95. The summed E-state index contributed by atoms with van der Waals surface area (Å²) in [5.74, 6) is 0.933. The lowest BCUT2D eigenvalue weighted by atomic mass is 9.70. The standard InChI is InChI=1S/C12H22N2O/c1-12(5-2-6-12)9-13-8-11(15)14-7-10-3-4-10/h10,13H,2-9H2,1H3,(H,14,15). The van der Waals surface area contributed by atoms with Crippen LogP contribution >= 0.6 is 0 Å². The molecule has 2 saturated carbocycles. The van der Waals surface area contributed by atoms with Crippen molar-refractivity contribution >= 4 is 5.91 Å². The molecule has 3 heteroatoms. The van der Waals surface area contributed by atoms with E-state index in [1.807, 2.05) is 0 Å². The molecule has 3 nitrogen and oxygen atoms in total. The van der Waals surface area contributed by atoms with E-state index in [0.29, 0.717) is 12.0 Å². The molecule has 0 aliphatic heterocycles. The molecule has 0 bridgehead atoms. The molecule has 0 spiro atoms. The summed E-state index contributed by atoms with van der Waals surface area (Å²) in [6.07, 6.45) is 6.57. The van der Waals surface area contributed by atoms with Gasteiger partial charge in [-0.2, -0.15) is 0 Å². The van der Waals surface area contributed by atoms with Gasteiger partial charge >= 0.3 is 0 Å². The quantitative estimate of drug-likeness (QED) is 0.693. The Morgan fingerprint density at radius 2 is 2.13 bits per heavy atom. The number of amides is 1. The Hall–Kier alpha value is -0.570. The zero-order valence-corrected chi connectivity index (χ0v) is 9.64. The number of carbonyl (C=O) groups excluding carboxylic acids is 1. The molecule has 0 saturated heterocycles. The van der Waals surface area contributed by atoms with Gasteiger partial charge in [0, 0.05) is 13.1 Å². The van der Waals surface area contributed by atoms with Gasteiger partial charge in [-0.05, 0) is 37.0 Å². The third kappa shape index (κ3) is 3.49. The minimum absolute atomic E-state index is 0.157. The second kappa shape index (κ2) is 4.52. The van der Waals surface area contributed by atoms with Crippen LogP contribution in [0.4, 0.5) is 0 Å². The van der Waals surface area contributed by atoms with Crippen LogP contribution in [0.1, 0.15) is 39.0 Å². The van der Waals surface area contributed by atoms with Crippen molar-refractivity contribution in [2.45, 2.75) is 39.0 Å². The maximum atomic E-state index is 11.4. The highest BCUT2D eigenvalue weighted by Crippen LogP contribution is 2.39. The molecule has 0 aromatic carbocycles. The van der Waals surface area contributed by atoms with E-state index in [1.54, 1.807) is 0 Å². The summed E-state index contributed by atoms with van der Waals surface area (Å²) in [4.78, 5) is 11.4. The van der Waals surface area contributed by atoms with E-state index < -0.39 is 0 Å². The molecule has 86 valence electrons. The largest absolute Gasteiger partial charge is 0.355 e. The molecule has 1 amide bonds. The van der Waals surface area contributed by atoms with Gasteiger partial charge in [0.15, 0.2) is 0 Å². The van der Waals surface area contributed by atoms with E-state index in [9.17, 15) is 4.79 Å². The Labute approximate surface area is 92.0 Å². The molecule has 0 unspecified atom stereocenters. The predicted molar refractivity (Wildman–Crippen MR) is 60.6 cm³/mol. The molecule has 0 atom stereocenters. The van der Waals surface area contributed by atoms with Crippen molar-refractivity contribution < 1.29 is 4.79 Å². The Kier molecular flexibility index (Phi) is 3.29. The minimum atomic E-state index is 0.157. The zero-order valence-electron chi connectivity index (χ0n) is 9.64. The first-order valence-electron chi connectivity index (χ1n) is 6.15. The van der Waals surface area contributed by atoms with Gasteiger partial charge < -0.3 is 10.6 Å². The van der Waals surface area contributed by atoms with Gasteiger partial charge in [-0.1, -0.05) is 13.3 Å². The monoisotopic (exact) mass is 210 g/mol. The summed E-state index contributed by atoms with van der Waals surface area (Å²) in [7, 11) is 0. The summed E-state index contributed by atoms with van der Waals surface area (Å²) in [6.45, 7) is 4.66. The van der Waals surface area contributed by atoms with Crippen LogP contribution in [0.3, 0.4) is 0 Å². The molecule has 0 aromatic heterocycles. The smallest absolute Gasteiger partial charge is 0.233 e. The molecular formula is C12H22N2O. The Morgan fingerprint density at radius 3 is 2.67 bits per heavy atom. The fourth-order valence-electron chi connectivity index (χ4n) is 2.08. The summed E-state index contributed by atoms with van der Waals surface area (Å²) >= 11 is 0. The van der Waals surface area contributed by atoms with E-state index >= 15 is 0 Å². The Balaban J connectivity index is 1.50. The lowest BCUT2D eigenvalue weighted by molar-refractivity contribution is -0.120. The molecule has 2 N–H and O–H groups in total. The predicted octanol–water partition coefficient (Wildman–Crippen LogP) is 1.29. The summed E-state index contributed by atoms with van der Waals surface area (Å²) in [6, 6.07) is 0. The summed E-state index contributed by atoms with van der Waals surface area (Å²) in [5.41, 5.74) is 0.469. The van der Waals surface area contributed by atoms with Crippen LogP contribution in [0.2, 0.25) is 0 Å². The Bertz CT molecular complexity index is 232. The van der Waals surface area contributed by atoms with Crippen molar-refractivity contribution in [3.63, 3.8) is 0 Å². The van der Waals surface area contributed by atoms with Crippen LogP contribution in [-0.2, 0) is 4.79 Å². The molecule has 2 fully saturated rings. The van der Waals surface area contributed by atoms with Crippen molar-refractivity contribution in [1.29, 1.82) is 0 Å². The van der Waals surface area contributed by atoms with Crippen molar-refractivity contribution in [3.8, 4) is 0 Å². The fourth-order valence-corrected chi connectivity index (χ4v) is 2.08. The number of carbonyl (C=O) groups is 1. The third-order valence-corrected chi connectivity index (χ3v) is 3.68. The lowest BCUT2D eigenvalue weighted by Crippen LogP contribution is -2.42. The van der Waals surface area contributed by atoms with Gasteiger partial charge in [-0.15, -0.1) is 0 Å². The van der Waals surface area contributed by atoms with E-state index in [-0.39, 0.29) is 5.91 Å². The van der Waals surface area contributed by atoms with E-state index in [2.05, 4.69) is 17.6 Å². The van der Waals surface area contributed by atoms with Crippen molar-refractivity contribution in [3.05, 3.63) is 0 Å². The highest BCUT2D eigenvalue weighted by Gasteiger charge is 2.31. The van der Waals surface area contributed by atoms with Gasteiger partial charge in [-0.25, -0.2) is 0 Å². The van der Waals surface area contributed by atoms with E-state index in [0.717, 1.165) is 19.0 Å². The van der Waals surface area contributed by atoms with Crippen LogP contribution in [0.15, 0.2) is 0 Å². The molecule has 0 aromatic rings. The number of hydrogen-bond donors (Lipinski definition) is 2. The maximum absolute atomic E-state index is 11.4. The van der Waals surface area contributed by atoms with Crippen molar-refractivity contribution in [2.75, 3.05) is 19.6 Å². The first-order valence-corrected chi connectivity index (χ1v) is 6.15. The normalized spacial score (nSPS) is 23.3. The van der Waals surface area contributed by atoms with Crippen molar-refractivity contribution in [1.82, 2.24) is 10.6 Å². The molecule has 15 heavy (non-hydrogen) atoms. The van der Waals surface area contributed by atoms with Gasteiger partial charge in [0.2, 0.25) is 5.91 Å². The molecule has 0 radical (unpaired) electrons. The van der Waals surface area contributed by atoms with Crippen LogP contribution in [0.25, 0.3) is 0 Å². The lowest BCUT2D eigenvalue weighted by Gasteiger charge is -2.38. The molecule has 2 aliphatic rings. The summed E-state index contributed by atoms with van der Waals surface area (Å²) < 4.78 is 0. The summed E-state index contributed by atoms with van der Waals surface area (Å²) in [5, 5.41) is 6.23. The van der Waals surface area contributed by atoms with Crippen LogP contribution in [0, 0.1) is 11.3 Å². The zero-order chi connectivity index (χ0) is 10.7. The molecular weight excluding hydrogens is 188 g/mol. The molecule has 2 rings (SSSR count). The average molecular weight is 210 g/mol. The van der Waals surface area contributed by atoms with Crippen LogP contribution in [0.5, 0.6) is 0 Å². The van der Waals surface area contributed by atoms with Gasteiger partial charge in [0.05, 0.1) is 6.54 Å². The fraction of sp³-hybridized carbons (Fsp3) is 0.917. The first kappa shape index (κ1) is 10.9. The van der Waals surface area contributed by atoms with Crippen LogP contribution < -0.4 is 10.6 Å². The molecule has 0 heterocycles. The van der Waals surface area contributed by atoms with E-state index in [4.69, 9.17) is 0 Å². The number of nitrogens with one attached hydrogen (secondary N) is 2. The second-order valence-corrected chi connectivity index (χ2v) is 5.52. The number of rotatable bonds is 6. The highest BCUT2D eigenvalue weighted by molar-refractivity contribution is 5.77. The topological polar surface area (TPSA) is 41.1 Å². The number of hydrogen-bond acceptors (Lipinski definition) is 2. The van der Waals surface area contributed by atoms with Crippen LogP contribution in [-0.4, -0.2) is 25.5 Å². The first-order chi connectivity index (χ1) is 7.18. The van der Waals surface area contributed by atoms with Crippen molar-refractivity contribution in [2.24, 2.45) is 11.3 Å².